The third-order valence-electron chi connectivity index (χ3n) is 5.08. The van der Waals surface area contributed by atoms with Crippen molar-refractivity contribution in [3.8, 4) is 0 Å². The van der Waals surface area contributed by atoms with Gasteiger partial charge in [0.2, 0.25) is 5.78 Å². The van der Waals surface area contributed by atoms with E-state index in [-0.39, 0.29) is 19.6 Å². The second-order valence-corrected chi connectivity index (χ2v) is 6.86. The quantitative estimate of drug-likeness (QED) is 0.560. The number of hydrogen-bond acceptors (Lipinski definition) is 7. The van der Waals surface area contributed by atoms with Crippen LogP contribution in [-0.4, -0.2) is 48.0 Å². The molecule has 7 heteroatoms. The second-order valence-electron chi connectivity index (χ2n) is 6.86. The lowest BCUT2D eigenvalue weighted by atomic mass is 9.76. The van der Waals surface area contributed by atoms with Gasteiger partial charge in [-0.2, -0.15) is 0 Å². The molecular weight excluding hydrogens is 350 g/mol. The van der Waals surface area contributed by atoms with E-state index in [4.69, 9.17) is 14.2 Å². The standard InChI is InChI=1S/C20H23NO6/c1-5-25-17(24)19-12-18(4,27-13(3)22)20(16(19)23,26-6-2)21-15(19)14-10-8-7-9-11-14/h7-11H,5-6,12H2,1-4H3/t18?,19-,20+/m1/s1. The highest BCUT2D eigenvalue weighted by Crippen LogP contribution is 2.59. The molecule has 0 spiro atoms. The molecule has 1 aliphatic carbocycles. The van der Waals surface area contributed by atoms with E-state index in [9.17, 15) is 14.4 Å². The van der Waals surface area contributed by atoms with Gasteiger partial charge in [0.1, 0.15) is 0 Å². The van der Waals surface area contributed by atoms with Gasteiger partial charge in [0, 0.05) is 20.0 Å². The van der Waals surface area contributed by atoms with Crippen molar-refractivity contribution in [2.75, 3.05) is 13.2 Å². The van der Waals surface area contributed by atoms with Crippen LogP contribution in [0.2, 0.25) is 0 Å². The summed E-state index contributed by atoms with van der Waals surface area (Å²) in [6.07, 6.45) is -0.0784. The van der Waals surface area contributed by atoms with Crippen molar-refractivity contribution in [2.24, 2.45) is 10.4 Å². The molecule has 0 N–H and O–H groups in total. The number of esters is 2. The first-order valence-electron chi connectivity index (χ1n) is 8.99. The van der Waals surface area contributed by atoms with E-state index in [0.717, 1.165) is 0 Å². The fourth-order valence-electron chi connectivity index (χ4n) is 4.15. The molecule has 1 aromatic carbocycles. The van der Waals surface area contributed by atoms with Gasteiger partial charge in [-0.05, 0) is 26.3 Å². The van der Waals surface area contributed by atoms with Crippen molar-refractivity contribution in [3.05, 3.63) is 35.9 Å². The Bertz CT molecular complexity index is 819. The van der Waals surface area contributed by atoms with Crippen molar-refractivity contribution >= 4 is 23.4 Å². The van der Waals surface area contributed by atoms with Gasteiger partial charge in [0.15, 0.2) is 11.0 Å². The highest BCUT2D eigenvalue weighted by atomic mass is 16.6. The summed E-state index contributed by atoms with van der Waals surface area (Å²) < 4.78 is 16.5. The molecule has 1 saturated carbocycles. The Hall–Kier alpha value is -2.54. The molecule has 1 heterocycles. The molecule has 2 aliphatic rings. The van der Waals surface area contributed by atoms with E-state index < -0.39 is 34.5 Å². The van der Waals surface area contributed by atoms with Crippen LogP contribution < -0.4 is 0 Å². The SMILES string of the molecule is CCOC(=O)[C@]12CC(C)(OC(C)=O)[C@](OCC)(N=C1c1ccccc1)C2=O. The van der Waals surface area contributed by atoms with Crippen LogP contribution in [0.5, 0.6) is 0 Å². The topological polar surface area (TPSA) is 91.3 Å². The van der Waals surface area contributed by atoms with Crippen LogP contribution in [-0.2, 0) is 28.6 Å². The van der Waals surface area contributed by atoms with Crippen LogP contribution in [0.1, 0.15) is 39.7 Å². The number of carbonyl (C=O) groups excluding carboxylic acids is 3. The van der Waals surface area contributed by atoms with Gasteiger partial charge < -0.3 is 14.2 Å². The molecule has 3 atom stereocenters. The summed E-state index contributed by atoms with van der Waals surface area (Å²) in [6.45, 7) is 6.49. The van der Waals surface area contributed by atoms with Gasteiger partial charge in [-0.3, -0.25) is 14.4 Å². The Balaban J connectivity index is 2.26. The van der Waals surface area contributed by atoms with Crippen LogP contribution >= 0.6 is 0 Å². The lowest BCUT2D eigenvalue weighted by Crippen LogP contribution is -2.54. The number of rotatable bonds is 6. The van der Waals surface area contributed by atoms with Crippen molar-refractivity contribution in [1.29, 1.82) is 0 Å². The summed E-state index contributed by atoms with van der Waals surface area (Å²) in [6, 6.07) is 8.97. The third kappa shape index (κ3) is 2.52. The molecule has 27 heavy (non-hydrogen) atoms. The van der Waals surface area contributed by atoms with Crippen molar-refractivity contribution in [1.82, 2.24) is 0 Å². The highest BCUT2D eigenvalue weighted by molar-refractivity contribution is 6.35. The summed E-state index contributed by atoms with van der Waals surface area (Å²) in [4.78, 5) is 42.9. The second kappa shape index (κ2) is 6.56. The third-order valence-corrected chi connectivity index (χ3v) is 5.08. The zero-order chi connectivity index (χ0) is 19.9. The number of ketones is 1. The summed E-state index contributed by atoms with van der Waals surface area (Å²) in [5, 5.41) is 0. The summed E-state index contributed by atoms with van der Waals surface area (Å²) in [7, 11) is 0. The van der Waals surface area contributed by atoms with Crippen LogP contribution in [0.4, 0.5) is 0 Å². The molecule has 1 aromatic rings. The largest absolute Gasteiger partial charge is 0.465 e. The fourth-order valence-corrected chi connectivity index (χ4v) is 4.15. The van der Waals surface area contributed by atoms with E-state index in [1.54, 1.807) is 45.0 Å². The normalized spacial score (nSPS) is 31.6. The zero-order valence-corrected chi connectivity index (χ0v) is 15.9. The van der Waals surface area contributed by atoms with Gasteiger partial charge in [-0.1, -0.05) is 30.3 Å². The maximum atomic E-state index is 13.6. The number of Topliss-reactive ketones (excluding diaryl/α,β-unsaturated/α-hetero) is 1. The van der Waals surface area contributed by atoms with Gasteiger partial charge in [-0.25, -0.2) is 4.99 Å². The van der Waals surface area contributed by atoms with Gasteiger partial charge in [0.05, 0.1) is 12.3 Å². The van der Waals surface area contributed by atoms with Gasteiger partial charge in [0.25, 0.3) is 5.72 Å². The molecule has 0 amide bonds. The summed E-state index contributed by atoms with van der Waals surface area (Å²) >= 11 is 0. The fraction of sp³-hybridized carbons (Fsp3) is 0.500. The molecule has 2 bridgehead atoms. The van der Waals surface area contributed by atoms with Crippen LogP contribution in [0, 0.1) is 5.41 Å². The number of fused-ring (bicyclic) bond motifs is 2. The Morgan fingerprint density at radius 3 is 2.37 bits per heavy atom. The minimum absolute atomic E-state index is 0.0784. The molecule has 1 aliphatic heterocycles. The summed E-state index contributed by atoms with van der Waals surface area (Å²) in [5.41, 5.74) is -3.92. The number of benzene rings is 1. The molecule has 0 aromatic heterocycles. The Morgan fingerprint density at radius 2 is 1.81 bits per heavy atom. The average Bonchev–Trinajstić information content (AvgIpc) is 2.96. The van der Waals surface area contributed by atoms with E-state index in [0.29, 0.717) is 11.3 Å². The van der Waals surface area contributed by atoms with Crippen molar-refractivity contribution in [2.45, 2.75) is 45.4 Å². The first-order valence-corrected chi connectivity index (χ1v) is 8.99. The van der Waals surface area contributed by atoms with E-state index in [2.05, 4.69) is 4.99 Å². The molecule has 7 nitrogen and oxygen atoms in total. The van der Waals surface area contributed by atoms with Crippen LogP contribution in [0.3, 0.4) is 0 Å². The predicted molar refractivity (Wildman–Crippen MR) is 96.2 cm³/mol. The Kier molecular flexibility index (Phi) is 4.67. The number of nitrogens with zero attached hydrogens (tertiary/aromatic N) is 1. The van der Waals surface area contributed by atoms with Crippen LogP contribution in [0.25, 0.3) is 0 Å². The number of ether oxygens (including phenoxy) is 3. The summed E-state index contributed by atoms with van der Waals surface area (Å²) in [5.74, 6) is -1.82. The van der Waals surface area contributed by atoms with Crippen molar-refractivity contribution in [3.63, 3.8) is 0 Å². The maximum Gasteiger partial charge on any atom is 0.326 e. The van der Waals surface area contributed by atoms with E-state index >= 15 is 0 Å². The molecule has 1 fully saturated rings. The molecular formula is C20H23NO6. The molecule has 3 rings (SSSR count). The van der Waals surface area contributed by atoms with E-state index in [1.807, 2.05) is 6.07 Å². The number of hydrogen-bond donors (Lipinski definition) is 0. The van der Waals surface area contributed by atoms with E-state index in [1.165, 1.54) is 6.92 Å². The van der Waals surface area contributed by atoms with Crippen molar-refractivity contribution < 1.29 is 28.6 Å². The number of aliphatic imine (C=N–C) groups is 1. The molecule has 0 radical (unpaired) electrons. The average molecular weight is 373 g/mol. The lowest BCUT2D eigenvalue weighted by Gasteiger charge is -2.39. The van der Waals surface area contributed by atoms with Gasteiger partial charge >= 0.3 is 11.9 Å². The first kappa shape index (κ1) is 19.2. The Morgan fingerprint density at radius 1 is 1.15 bits per heavy atom. The minimum atomic E-state index is -1.77. The molecule has 144 valence electrons. The highest BCUT2D eigenvalue weighted by Gasteiger charge is 2.80. The number of carbonyl (C=O) groups is 3. The minimum Gasteiger partial charge on any atom is -0.465 e. The zero-order valence-electron chi connectivity index (χ0n) is 15.9. The lowest BCUT2D eigenvalue weighted by molar-refractivity contribution is -0.192. The smallest absolute Gasteiger partial charge is 0.326 e. The van der Waals surface area contributed by atoms with Gasteiger partial charge in [-0.15, -0.1) is 0 Å². The van der Waals surface area contributed by atoms with Crippen LogP contribution in [0.15, 0.2) is 35.3 Å². The first-order chi connectivity index (χ1) is 12.8. The predicted octanol–water partition coefficient (Wildman–Crippen LogP) is 2.07. The maximum absolute atomic E-state index is 13.6. The Labute approximate surface area is 157 Å². The molecule has 0 saturated heterocycles. The monoisotopic (exact) mass is 373 g/mol. The molecule has 1 unspecified atom stereocenters.